The Labute approximate surface area is 337 Å². The van der Waals surface area contributed by atoms with Gasteiger partial charge in [-0.15, -0.1) is 11.8 Å². The molecule has 3 heterocycles. The molecule has 5 aromatic rings. The summed E-state index contributed by atoms with van der Waals surface area (Å²) in [6.45, 7) is 7.77. The number of piperazine rings is 1. The van der Waals surface area contributed by atoms with E-state index in [9.17, 15) is 23.3 Å². The van der Waals surface area contributed by atoms with Crippen LogP contribution in [0.25, 0.3) is 5.69 Å². The molecule has 0 bridgehead atoms. The summed E-state index contributed by atoms with van der Waals surface area (Å²) in [6.07, 6.45) is 4.44. The number of para-hydroxylation sites is 1. The zero-order chi connectivity index (χ0) is 39.6. The van der Waals surface area contributed by atoms with Gasteiger partial charge in [0, 0.05) is 98.2 Å². The third-order valence-electron chi connectivity index (χ3n) is 10.2. The molecule has 4 aromatic carbocycles. The maximum Gasteiger partial charge on any atom is 0.293 e. The van der Waals surface area contributed by atoms with E-state index in [4.69, 9.17) is 4.74 Å². The van der Waals surface area contributed by atoms with Gasteiger partial charge in [-0.3, -0.25) is 24.7 Å². The average Bonchev–Trinajstić information content (AvgIpc) is 3.71. The summed E-state index contributed by atoms with van der Waals surface area (Å²) in [5.74, 6) is -0.189. The summed E-state index contributed by atoms with van der Waals surface area (Å²) in [4.78, 5) is 36.8. The average molecular weight is 811 g/mol. The summed E-state index contributed by atoms with van der Waals surface area (Å²) >= 11 is 1.64. The van der Waals surface area contributed by atoms with Gasteiger partial charge >= 0.3 is 0 Å². The van der Waals surface area contributed by atoms with Gasteiger partial charge in [-0.1, -0.05) is 36.4 Å². The fraction of sp³-hybridized carbons (Fsp3) is 0.317. The highest BCUT2D eigenvalue weighted by Crippen LogP contribution is 2.30. The van der Waals surface area contributed by atoms with Crippen molar-refractivity contribution in [2.24, 2.45) is 0 Å². The number of rotatable bonds is 16. The fourth-order valence-electron chi connectivity index (χ4n) is 6.96. The minimum absolute atomic E-state index is 0.152. The van der Waals surface area contributed by atoms with Crippen LogP contribution < -0.4 is 14.9 Å². The maximum absolute atomic E-state index is 13.4. The predicted molar refractivity (Wildman–Crippen MR) is 222 cm³/mol. The SMILES string of the molecule is O=C(NS(=O)(=O)c1ccc(N[C@H](CCN2CCOCC2)CSc2ccccc2)c([N+](=O)[O-])c1)c1ccc(N2CCN(Cc3cncn3-c3ccccc3)CC2)cc1. The zero-order valence-corrected chi connectivity index (χ0v) is 33.1. The standard InChI is InChI=1S/C41H46N8O6S2/c50-41(32-11-13-34(14-12-32)47-21-19-46(20-22-47)29-36-28-42-31-48(36)35-7-3-1-4-8-35)44-57(53,54)38-15-16-39(40(27-38)49(51)52)43-33(17-18-45-23-25-55-26-24-45)30-56-37-9-5-2-6-10-37/h1-16,27-28,31,33,43H,17-26,29-30H2,(H,44,50)/t33-/m1/s1. The van der Waals surface area contributed by atoms with Crippen molar-refractivity contribution < 1.29 is 22.9 Å². The van der Waals surface area contributed by atoms with Crippen LogP contribution >= 0.6 is 11.8 Å². The minimum atomic E-state index is -4.44. The Balaban J connectivity index is 0.957. The van der Waals surface area contributed by atoms with Crippen molar-refractivity contribution in [1.29, 1.82) is 0 Å². The molecule has 2 saturated heterocycles. The lowest BCUT2D eigenvalue weighted by atomic mass is 10.1. The third-order valence-corrected chi connectivity index (χ3v) is 12.7. The molecule has 2 aliphatic heterocycles. The lowest BCUT2D eigenvalue weighted by Gasteiger charge is -2.36. The first-order chi connectivity index (χ1) is 27.7. The molecular weight excluding hydrogens is 765 g/mol. The van der Waals surface area contributed by atoms with E-state index in [1.807, 2.05) is 61.1 Å². The van der Waals surface area contributed by atoms with Crippen molar-refractivity contribution in [3.05, 3.63) is 137 Å². The van der Waals surface area contributed by atoms with Crippen LogP contribution in [-0.2, 0) is 21.3 Å². The van der Waals surface area contributed by atoms with Crippen molar-refractivity contribution >= 4 is 44.8 Å². The largest absolute Gasteiger partial charge is 0.379 e. The van der Waals surface area contributed by atoms with Crippen molar-refractivity contribution in [3.63, 3.8) is 0 Å². The van der Waals surface area contributed by atoms with E-state index in [0.717, 1.165) is 80.4 Å². The van der Waals surface area contributed by atoms with E-state index in [1.54, 1.807) is 36.0 Å². The number of thioether (sulfide) groups is 1. The Morgan fingerprint density at radius 3 is 2.26 bits per heavy atom. The molecule has 2 fully saturated rings. The number of carbonyl (C=O) groups is 1. The van der Waals surface area contributed by atoms with Crippen LogP contribution in [0.1, 0.15) is 22.5 Å². The van der Waals surface area contributed by atoms with E-state index in [0.29, 0.717) is 25.4 Å². The summed E-state index contributed by atoms with van der Waals surface area (Å²) in [5, 5.41) is 15.6. The van der Waals surface area contributed by atoms with Crippen LogP contribution in [0.5, 0.6) is 0 Å². The molecule has 7 rings (SSSR count). The van der Waals surface area contributed by atoms with E-state index in [-0.39, 0.29) is 22.2 Å². The van der Waals surface area contributed by atoms with E-state index in [2.05, 4.69) is 46.4 Å². The lowest BCUT2D eigenvalue weighted by molar-refractivity contribution is -0.384. The van der Waals surface area contributed by atoms with Crippen LogP contribution in [0.2, 0.25) is 0 Å². The number of sulfonamides is 1. The Morgan fingerprint density at radius 2 is 1.56 bits per heavy atom. The molecule has 14 nitrogen and oxygen atoms in total. The molecule has 0 saturated carbocycles. The van der Waals surface area contributed by atoms with Gasteiger partial charge in [-0.2, -0.15) is 0 Å². The molecule has 2 aliphatic rings. The second kappa shape index (κ2) is 18.8. The van der Waals surface area contributed by atoms with Crippen LogP contribution in [0.3, 0.4) is 0 Å². The Bertz CT molecular complexity index is 2210. The van der Waals surface area contributed by atoms with Gasteiger partial charge in [0.05, 0.1) is 35.1 Å². The number of nitro groups is 1. The van der Waals surface area contributed by atoms with Crippen LogP contribution in [0.4, 0.5) is 17.1 Å². The highest BCUT2D eigenvalue weighted by atomic mass is 32.2. The monoisotopic (exact) mass is 810 g/mol. The molecular formula is C41H46N8O6S2. The minimum Gasteiger partial charge on any atom is -0.379 e. The van der Waals surface area contributed by atoms with Gasteiger partial charge in [0.2, 0.25) is 0 Å². The van der Waals surface area contributed by atoms with E-state index in [1.165, 1.54) is 12.1 Å². The number of benzene rings is 4. The second-order valence-corrected chi connectivity index (χ2v) is 16.8. The van der Waals surface area contributed by atoms with Crippen LogP contribution in [0, 0.1) is 10.1 Å². The summed E-state index contributed by atoms with van der Waals surface area (Å²) in [7, 11) is -4.44. The summed E-state index contributed by atoms with van der Waals surface area (Å²) < 4.78 is 36.5. The molecule has 0 spiro atoms. The van der Waals surface area contributed by atoms with Crippen molar-refractivity contribution in [2.75, 3.05) is 75.0 Å². The number of morpholine rings is 1. The molecule has 57 heavy (non-hydrogen) atoms. The number of imidazole rings is 1. The smallest absolute Gasteiger partial charge is 0.293 e. The first kappa shape index (κ1) is 40.0. The molecule has 16 heteroatoms. The second-order valence-electron chi connectivity index (χ2n) is 14.0. The van der Waals surface area contributed by atoms with E-state index < -0.39 is 26.5 Å². The number of amides is 1. The lowest BCUT2D eigenvalue weighted by Crippen LogP contribution is -2.46. The highest BCUT2D eigenvalue weighted by Gasteiger charge is 2.26. The van der Waals surface area contributed by atoms with Crippen molar-refractivity contribution in [2.45, 2.75) is 28.8 Å². The van der Waals surface area contributed by atoms with E-state index >= 15 is 0 Å². The number of hydrogen-bond acceptors (Lipinski definition) is 12. The Morgan fingerprint density at radius 1 is 0.860 bits per heavy atom. The maximum atomic E-state index is 13.4. The third kappa shape index (κ3) is 10.6. The molecule has 298 valence electrons. The number of nitrogens with one attached hydrogen (secondary N) is 2. The number of nitro benzene ring substituents is 1. The molecule has 0 unspecified atom stereocenters. The Kier molecular flexibility index (Phi) is 13.2. The van der Waals surface area contributed by atoms with Gasteiger partial charge in [0.15, 0.2) is 0 Å². The Hall–Kier alpha value is -5.26. The first-order valence-electron chi connectivity index (χ1n) is 19.0. The van der Waals surface area contributed by atoms with Crippen molar-refractivity contribution in [1.82, 2.24) is 24.1 Å². The molecule has 1 amide bonds. The number of aromatic nitrogens is 2. The highest BCUT2D eigenvalue weighted by molar-refractivity contribution is 7.99. The summed E-state index contributed by atoms with van der Waals surface area (Å²) in [5.41, 5.74) is 3.08. The molecule has 1 atom stereocenters. The number of carbonyl (C=O) groups excluding carboxylic acids is 1. The van der Waals surface area contributed by atoms with Gasteiger partial charge in [-0.05, 0) is 67.1 Å². The van der Waals surface area contributed by atoms with Crippen LogP contribution in [0.15, 0.2) is 125 Å². The van der Waals surface area contributed by atoms with Gasteiger partial charge in [-0.25, -0.2) is 18.1 Å². The first-order valence-corrected chi connectivity index (χ1v) is 21.4. The van der Waals surface area contributed by atoms with Gasteiger partial charge < -0.3 is 19.5 Å². The topological polar surface area (TPSA) is 155 Å². The number of ether oxygens (including phenoxy) is 1. The van der Waals surface area contributed by atoms with Crippen molar-refractivity contribution in [3.8, 4) is 5.69 Å². The normalized spacial score (nSPS) is 15.9. The number of hydrogen-bond donors (Lipinski definition) is 2. The summed E-state index contributed by atoms with van der Waals surface area (Å²) in [6, 6.07) is 30.4. The molecule has 2 N–H and O–H groups in total. The van der Waals surface area contributed by atoms with Crippen LogP contribution in [-0.4, -0.2) is 109 Å². The van der Waals surface area contributed by atoms with Gasteiger partial charge in [0.1, 0.15) is 5.69 Å². The number of nitrogens with zero attached hydrogens (tertiary/aromatic N) is 6. The quantitative estimate of drug-likeness (QED) is 0.0733. The molecule has 0 radical (unpaired) electrons. The fourth-order valence-corrected chi connectivity index (χ4v) is 8.95. The van der Waals surface area contributed by atoms with Gasteiger partial charge in [0.25, 0.3) is 21.6 Å². The number of anilines is 2. The predicted octanol–water partition coefficient (Wildman–Crippen LogP) is 5.52. The molecule has 0 aliphatic carbocycles. The zero-order valence-electron chi connectivity index (χ0n) is 31.5. The molecule has 1 aromatic heterocycles.